The summed E-state index contributed by atoms with van der Waals surface area (Å²) in [5, 5.41) is 15.0. The van der Waals surface area contributed by atoms with Crippen LogP contribution in [0.25, 0.3) is 0 Å². The second-order valence-corrected chi connectivity index (χ2v) is 10.4. The van der Waals surface area contributed by atoms with Crippen LogP contribution < -0.4 is 10.6 Å². The molecule has 0 unspecified atom stereocenters. The molecule has 0 spiro atoms. The number of hydrogen-bond acceptors (Lipinski definition) is 5. The van der Waals surface area contributed by atoms with E-state index in [0.717, 1.165) is 24.0 Å². The van der Waals surface area contributed by atoms with Gasteiger partial charge in [0.2, 0.25) is 11.8 Å². The average Bonchev–Trinajstić information content (AvgIpc) is 2.91. The van der Waals surface area contributed by atoms with Gasteiger partial charge in [-0.25, -0.2) is 4.79 Å². The second kappa shape index (κ2) is 14.3. The summed E-state index contributed by atoms with van der Waals surface area (Å²) in [4.78, 5) is 51.5. The number of hydrogen-bond donors (Lipinski definition) is 3. The molecule has 0 radical (unpaired) electrons. The van der Waals surface area contributed by atoms with Crippen molar-refractivity contribution in [1.82, 2.24) is 10.6 Å². The van der Waals surface area contributed by atoms with Gasteiger partial charge in [-0.3, -0.25) is 14.4 Å². The van der Waals surface area contributed by atoms with Gasteiger partial charge in [0.15, 0.2) is 0 Å². The van der Waals surface area contributed by atoms with Gasteiger partial charge in [0, 0.05) is 6.42 Å². The van der Waals surface area contributed by atoms with E-state index in [9.17, 15) is 24.3 Å². The summed E-state index contributed by atoms with van der Waals surface area (Å²) >= 11 is 0. The molecule has 1 fully saturated rings. The predicted molar refractivity (Wildman–Crippen MR) is 143 cm³/mol. The van der Waals surface area contributed by atoms with Gasteiger partial charge < -0.3 is 20.5 Å². The number of carboxylic acid groups (broad SMARTS) is 1. The van der Waals surface area contributed by atoms with Crippen LogP contribution in [0.5, 0.6) is 0 Å². The van der Waals surface area contributed by atoms with Crippen LogP contribution in [0.15, 0.2) is 60.7 Å². The van der Waals surface area contributed by atoms with Crippen LogP contribution in [0.1, 0.15) is 57.1 Å². The molecule has 0 aliphatic heterocycles. The van der Waals surface area contributed by atoms with Crippen LogP contribution in [0.3, 0.4) is 0 Å². The minimum atomic E-state index is -1.12. The van der Waals surface area contributed by atoms with Crippen LogP contribution in [0.4, 0.5) is 0 Å². The van der Waals surface area contributed by atoms with Gasteiger partial charge in [-0.05, 0) is 36.3 Å². The molecule has 204 valence electrons. The predicted octanol–water partition coefficient (Wildman–Crippen LogP) is 3.88. The molecular formula is C30H38N2O6. The highest BCUT2D eigenvalue weighted by Crippen LogP contribution is 2.31. The highest BCUT2D eigenvalue weighted by molar-refractivity contribution is 5.92. The Labute approximate surface area is 224 Å². The maximum absolute atomic E-state index is 13.5. The minimum Gasteiger partial charge on any atom is -0.480 e. The van der Waals surface area contributed by atoms with Gasteiger partial charge in [-0.15, -0.1) is 0 Å². The van der Waals surface area contributed by atoms with Crippen molar-refractivity contribution < 1.29 is 29.0 Å². The molecule has 8 nitrogen and oxygen atoms in total. The monoisotopic (exact) mass is 522 g/mol. The molecule has 3 N–H and O–H groups in total. The second-order valence-electron chi connectivity index (χ2n) is 10.4. The van der Waals surface area contributed by atoms with Crippen molar-refractivity contribution in [3.8, 4) is 0 Å². The zero-order chi connectivity index (χ0) is 27.5. The Morgan fingerprint density at radius 1 is 0.842 bits per heavy atom. The van der Waals surface area contributed by atoms with Gasteiger partial charge in [0.05, 0.1) is 11.8 Å². The highest BCUT2D eigenvalue weighted by Gasteiger charge is 2.38. The van der Waals surface area contributed by atoms with E-state index in [0.29, 0.717) is 12.8 Å². The average molecular weight is 523 g/mol. The van der Waals surface area contributed by atoms with E-state index < -0.39 is 47.7 Å². The number of rotatable bonds is 12. The summed E-state index contributed by atoms with van der Waals surface area (Å²) in [5.74, 6) is -3.65. The smallest absolute Gasteiger partial charge is 0.326 e. The lowest BCUT2D eigenvalue weighted by Gasteiger charge is -2.31. The molecule has 0 aromatic heterocycles. The van der Waals surface area contributed by atoms with Crippen LogP contribution in [0.2, 0.25) is 0 Å². The van der Waals surface area contributed by atoms with E-state index in [1.54, 1.807) is 0 Å². The molecule has 1 saturated carbocycles. The van der Waals surface area contributed by atoms with Crippen LogP contribution in [-0.4, -0.2) is 40.9 Å². The Balaban J connectivity index is 1.72. The number of esters is 1. The number of carboxylic acids is 1. The first-order chi connectivity index (χ1) is 18.2. The van der Waals surface area contributed by atoms with E-state index in [-0.39, 0.29) is 25.4 Å². The minimum absolute atomic E-state index is 0.0588. The molecular weight excluding hydrogens is 484 g/mol. The number of carbonyl (C=O) groups is 4. The molecule has 2 aromatic rings. The Kier molecular flexibility index (Phi) is 10.9. The molecule has 1 aliphatic carbocycles. The zero-order valence-corrected chi connectivity index (χ0v) is 22.1. The molecule has 4 atom stereocenters. The number of benzene rings is 2. The van der Waals surface area contributed by atoms with E-state index in [1.165, 1.54) is 0 Å². The summed E-state index contributed by atoms with van der Waals surface area (Å²) < 4.78 is 5.55. The number of nitrogens with one attached hydrogen (secondary N) is 2. The molecule has 8 heteroatoms. The number of ether oxygens (including phenoxy) is 1. The van der Waals surface area contributed by atoms with Gasteiger partial charge in [-0.2, -0.15) is 0 Å². The Morgan fingerprint density at radius 3 is 2.00 bits per heavy atom. The van der Waals surface area contributed by atoms with Gasteiger partial charge in [0.1, 0.15) is 18.7 Å². The number of amides is 2. The third kappa shape index (κ3) is 8.71. The third-order valence-electron chi connectivity index (χ3n) is 6.87. The first-order valence-corrected chi connectivity index (χ1v) is 13.3. The Morgan fingerprint density at radius 2 is 1.42 bits per heavy atom. The van der Waals surface area contributed by atoms with Crippen molar-refractivity contribution in [2.75, 3.05) is 0 Å². The molecule has 1 aliphatic rings. The van der Waals surface area contributed by atoms with Crippen molar-refractivity contribution in [1.29, 1.82) is 0 Å². The van der Waals surface area contributed by atoms with E-state index in [1.807, 2.05) is 74.5 Å². The summed E-state index contributed by atoms with van der Waals surface area (Å²) in [5.41, 5.74) is 1.69. The quantitative estimate of drug-likeness (QED) is 0.364. The van der Waals surface area contributed by atoms with E-state index >= 15 is 0 Å². The molecule has 3 rings (SSSR count). The third-order valence-corrected chi connectivity index (χ3v) is 6.87. The Hall–Kier alpha value is -3.68. The lowest BCUT2D eigenvalue weighted by molar-refractivity contribution is -0.156. The van der Waals surface area contributed by atoms with E-state index in [4.69, 9.17) is 4.74 Å². The molecule has 0 bridgehead atoms. The van der Waals surface area contributed by atoms with Gasteiger partial charge in [-0.1, -0.05) is 87.4 Å². The normalized spacial score (nSPS) is 18.7. The first kappa shape index (κ1) is 28.9. The summed E-state index contributed by atoms with van der Waals surface area (Å²) in [7, 11) is 0. The largest absolute Gasteiger partial charge is 0.480 e. The SMILES string of the molecule is CC(C)C[C@@H](NC(=O)[C@@H](Cc1ccccc1)NC(=O)[C@@H]1CCCC[C@H]1C(=O)OCc1ccccc1)C(=O)O. The maximum atomic E-state index is 13.5. The topological polar surface area (TPSA) is 122 Å². The van der Waals surface area contributed by atoms with Gasteiger partial charge >= 0.3 is 11.9 Å². The van der Waals surface area contributed by atoms with Crippen LogP contribution >= 0.6 is 0 Å². The van der Waals surface area contributed by atoms with Crippen molar-refractivity contribution in [3.05, 3.63) is 71.8 Å². The molecule has 0 heterocycles. The van der Waals surface area contributed by atoms with Crippen LogP contribution in [0, 0.1) is 17.8 Å². The zero-order valence-electron chi connectivity index (χ0n) is 22.1. The number of carbonyl (C=O) groups excluding carboxylic acids is 3. The number of aliphatic carboxylic acids is 1. The van der Waals surface area contributed by atoms with Gasteiger partial charge in [0.25, 0.3) is 0 Å². The van der Waals surface area contributed by atoms with Crippen molar-refractivity contribution in [3.63, 3.8) is 0 Å². The summed E-state index contributed by atoms with van der Waals surface area (Å²) in [6.45, 7) is 3.90. The fraction of sp³-hybridized carbons (Fsp3) is 0.467. The summed E-state index contributed by atoms with van der Waals surface area (Å²) in [6, 6.07) is 16.5. The van der Waals surface area contributed by atoms with Crippen molar-refractivity contribution >= 4 is 23.8 Å². The van der Waals surface area contributed by atoms with Crippen molar-refractivity contribution in [2.24, 2.45) is 17.8 Å². The molecule has 38 heavy (non-hydrogen) atoms. The molecule has 2 amide bonds. The maximum Gasteiger partial charge on any atom is 0.326 e. The van der Waals surface area contributed by atoms with E-state index in [2.05, 4.69) is 10.6 Å². The standard InChI is InChI=1S/C30H38N2O6/c1-20(2)17-26(29(35)36)32-28(34)25(18-21-11-5-3-6-12-21)31-27(33)23-15-9-10-16-24(23)30(37)38-19-22-13-7-4-8-14-22/h3-8,11-14,20,23-26H,9-10,15-19H2,1-2H3,(H,31,33)(H,32,34)(H,35,36)/t23-,24-,25-,26-/m1/s1. The Bertz CT molecular complexity index is 1070. The molecule has 0 saturated heterocycles. The van der Waals surface area contributed by atoms with Crippen molar-refractivity contribution in [2.45, 2.75) is 71.1 Å². The van der Waals surface area contributed by atoms with Crippen LogP contribution in [-0.2, 0) is 36.9 Å². The summed E-state index contributed by atoms with van der Waals surface area (Å²) in [6.07, 6.45) is 3.13. The lowest BCUT2D eigenvalue weighted by atomic mass is 9.78. The molecule has 2 aromatic carbocycles. The first-order valence-electron chi connectivity index (χ1n) is 13.3. The highest BCUT2D eigenvalue weighted by atomic mass is 16.5. The fourth-order valence-corrected chi connectivity index (χ4v) is 4.87. The lowest BCUT2D eigenvalue weighted by Crippen LogP contribution is -2.54. The fourth-order valence-electron chi connectivity index (χ4n) is 4.87.